The third-order valence-electron chi connectivity index (χ3n) is 6.17. The Bertz CT molecular complexity index is 1050. The summed E-state index contributed by atoms with van der Waals surface area (Å²) in [5.74, 6) is 2.12. The normalized spacial score (nSPS) is 20.2. The SMILES string of the molecule is COc1ccc2c(c1)nc(OCC1CCCN1C)c1cnc(N3CCNCC3)nc12. The van der Waals surface area contributed by atoms with E-state index in [-0.39, 0.29) is 0 Å². The molecule has 4 heterocycles. The number of hydrogen-bond acceptors (Lipinski definition) is 8. The lowest BCUT2D eigenvalue weighted by atomic mass is 10.1. The van der Waals surface area contributed by atoms with E-state index in [4.69, 9.17) is 19.4 Å². The van der Waals surface area contributed by atoms with Crippen LogP contribution in [-0.2, 0) is 0 Å². The van der Waals surface area contributed by atoms with Crippen LogP contribution in [-0.4, -0.2) is 79.4 Å². The second-order valence-electron chi connectivity index (χ2n) is 8.06. The summed E-state index contributed by atoms with van der Waals surface area (Å²) in [6.07, 6.45) is 4.23. The van der Waals surface area contributed by atoms with Crippen molar-refractivity contribution in [3.63, 3.8) is 0 Å². The van der Waals surface area contributed by atoms with Crippen LogP contribution in [0.25, 0.3) is 21.8 Å². The van der Waals surface area contributed by atoms with Crippen LogP contribution < -0.4 is 19.7 Å². The maximum Gasteiger partial charge on any atom is 0.225 e. The van der Waals surface area contributed by atoms with Gasteiger partial charge in [-0.15, -0.1) is 0 Å². The van der Waals surface area contributed by atoms with Crippen molar-refractivity contribution < 1.29 is 9.47 Å². The van der Waals surface area contributed by atoms with E-state index in [0.29, 0.717) is 18.5 Å². The Hall–Kier alpha value is -2.71. The number of pyridine rings is 1. The zero-order valence-corrected chi connectivity index (χ0v) is 17.6. The van der Waals surface area contributed by atoms with Crippen molar-refractivity contribution >= 4 is 27.8 Å². The number of piperazine rings is 1. The number of likely N-dealkylation sites (tertiary alicyclic amines) is 1. The maximum atomic E-state index is 6.24. The molecular formula is C22H28N6O2. The molecule has 2 aromatic heterocycles. The van der Waals surface area contributed by atoms with Gasteiger partial charge in [0, 0.05) is 49.9 Å². The van der Waals surface area contributed by atoms with Gasteiger partial charge in [0.25, 0.3) is 0 Å². The summed E-state index contributed by atoms with van der Waals surface area (Å²) < 4.78 is 11.7. The second kappa shape index (κ2) is 8.20. The van der Waals surface area contributed by atoms with Crippen LogP contribution in [0.4, 0.5) is 5.95 Å². The van der Waals surface area contributed by atoms with Crippen molar-refractivity contribution in [3.05, 3.63) is 24.4 Å². The Balaban J connectivity index is 1.58. The summed E-state index contributed by atoms with van der Waals surface area (Å²) in [7, 11) is 3.82. The smallest absolute Gasteiger partial charge is 0.225 e. The zero-order valence-electron chi connectivity index (χ0n) is 17.6. The molecule has 1 aromatic carbocycles. The number of anilines is 1. The molecule has 0 saturated carbocycles. The van der Waals surface area contributed by atoms with Crippen molar-refractivity contribution in [2.45, 2.75) is 18.9 Å². The van der Waals surface area contributed by atoms with Gasteiger partial charge in [0.05, 0.1) is 23.5 Å². The molecule has 2 fully saturated rings. The van der Waals surface area contributed by atoms with Crippen molar-refractivity contribution in [1.82, 2.24) is 25.2 Å². The number of ether oxygens (including phenoxy) is 2. The lowest BCUT2D eigenvalue weighted by Crippen LogP contribution is -2.44. The highest BCUT2D eigenvalue weighted by atomic mass is 16.5. The Kier molecular flexibility index (Phi) is 5.26. The summed E-state index contributed by atoms with van der Waals surface area (Å²) >= 11 is 0. The zero-order chi connectivity index (χ0) is 20.5. The summed E-state index contributed by atoms with van der Waals surface area (Å²) in [5, 5.41) is 5.21. The lowest BCUT2D eigenvalue weighted by Gasteiger charge is -2.27. The van der Waals surface area contributed by atoms with E-state index in [0.717, 1.165) is 72.6 Å². The van der Waals surface area contributed by atoms with Crippen molar-refractivity contribution in [3.8, 4) is 11.6 Å². The first kappa shape index (κ1) is 19.3. The summed E-state index contributed by atoms with van der Waals surface area (Å²) in [6.45, 7) is 5.43. The molecule has 2 aliphatic rings. The van der Waals surface area contributed by atoms with Crippen molar-refractivity contribution in [1.29, 1.82) is 0 Å². The van der Waals surface area contributed by atoms with Gasteiger partial charge in [-0.25, -0.2) is 15.0 Å². The molecule has 0 bridgehead atoms. The highest BCUT2D eigenvalue weighted by molar-refractivity contribution is 6.05. The number of nitrogens with zero attached hydrogens (tertiary/aromatic N) is 5. The predicted molar refractivity (Wildman–Crippen MR) is 118 cm³/mol. The molecule has 8 heteroatoms. The first-order valence-electron chi connectivity index (χ1n) is 10.7. The van der Waals surface area contributed by atoms with E-state index in [9.17, 15) is 0 Å². The molecular weight excluding hydrogens is 380 g/mol. The summed E-state index contributed by atoms with van der Waals surface area (Å²) in [6, 6.07) is 6.33. The van der Waals surface area contributed by atoms with Gasteiger partial charge in [0.15, 0.2) is 0 Å². The number of methoxy groups -OCH3 is 1. The Morgan fingerprint density at radius 1 is 1.13 bits per heavy atom. The molecule has 1 atom stereocenters. The van der Waals surface area contributed by atoms with E-state index in [1.807, 2.05) is 24.4 Å². The number of nitrogens with one attached hydrogen (secondary N) is 1. The third-order valence-corrected chi connectivity index (χ3v) is 6.17. The number of likely N-dealkylation sites (N-methyl/N-ethyl adjacent to an activating group) is 1. The van der Waals surface area contributed by atoms with Crippen LogP contribution >= 0.6 is 0 Å². The van der Waals surface area contributed by atoms with Gasteiger partial charge in [-0.05, 0) is 38.6 Å². The van der Waals surface area contributed by atoms with Gasteiger partial charge >= 0.3 is 0 Å². The molecule has 30 heavy (non-hydrogen) atoms. The first-order valence-corrected chi connectivity index (χ1v) is 10.7. The number of aromatic nitrogens is 3. The second-order valence-corrected chi connectivity index (χ2v) is 8.06. The summed E-state index contributed by atoms with van der Waals surface area (Å²) in [5.41, 5.74) is 1.70. The molecule has 0 radical (unpaired) electrons. The molecule has 0 spiro atoms. The highest BCUT2D eigenvalue weighted by Gasteiger charge is 2.23. The third kappa shape index (κ3) is 3.61. The topological polar surface area (TPSA) is 75.6 Å². The van der Waals surface area contributed by atoms with Crippen LogP contribution in [0.1, 0.15) is 12.8 Å². The Morgan fingerprint density at radius 3 is 2.77 bits per heavy atom. The van der Waals surface area contributed by atoms with Crippen LogP contribution in [0.2, 0.25) is 0 Å². The minimum atomic E-state index is 0.420. The number of fused-ring (bicyclic) bond motifs is 3. The fourth-order valence-corrected chi connectivity index (χ4v) is 4.33. The van der Waals surface area contributed by atoms with E-state index in [2.05, 4.69) is 27.1 Å². The first-order chi connectivity index (χ1) is 14.7. The number of benzene rings is 1. The summed E-state index contributed by atoms with van der Waals surface area (Å²) in [4.78, 5) is 19.0. The van der Waals surface area contributed by atoms with Crippen LogP contribution in [0.5, 0.6) is 11.6 Å². The fraction of sp³-hybridized carbons (Fsp3) is 0.500. The predicted octanol–water partition coefficient (Wildman–Crippen LogP) is 2.07. The average molecular weight is 409 g/mol. The molecule has 8 nitrogen and oxygen atoms in total. The Labute approximate surface area is 176 Å². The van der Waals surface area contributed by atoms with Gasteiger partial charge in [-0.3, -0.25) is 0 Å². The quantitative estimate of drug-likeness (QED) is 0.643. The molecule has 5 rings (SSSR count). The van der Waals surface area contributed by atoms with Crippen LogP contribution in [0, 0.1) is 0 Å². The van der Waals surface area contributed by atoms with Crippen molar-refractivity contribution in [2.75, 3.05) is 58.4 Å². The van der Waals surface area contributed by atoms with Crippen LogP contribution in [0.3, 0.4) is 0 Å². The van der Waals surface area contributed by atoms with E-state index in [1.165, 1.54) is 6.42 Å². The number of hydrogen-bond donors (Lipinski definition) is 1. The van der Waals surface area contributed by atoms with Gasteiger partial charge in [-0.1, -0.05) is 0 Å². The molecule has 1 N–H and O–H groups in total. The molecule has 2 saturated heterocycles. The van der Waals surface area contributed by atoms with Gasteiger partial charge in [0.1, 0.15) is 12.4 Å². The fourth-order valence-electron chi connectivity index (χ4n) is 4.33. The van der Waals surface area contributed by atoms with Gasteiger partial charge in [0.2, 0.25) is 11.8 Å². The highest BCUT2D eigenvalue weighted by Crippen LogP contribution is 2.32. The molecule has 2 aliphatic heterocycles. The lowest BCUT2D eigenvalue weighted by molar-refractivity contribution is 0.195. The van der Waals surface area contributed by atoms with Crippen molar-refractivity contribution in [2.24, 2.45) is 0 Å². The molecule has 0 aliphatic carbocycles. The standard InChI is InChI=1S/C22H28N6O2/c1-27-9-3-4-15(27)14-30-21-18-13-24-22(28-10-7-23-8-11-28)26-20(18)17-6-5-16(29-2)12-19(17)25-21/h5-6,12-13,15,23H,3-4,7-11,14H2,1-2H3. The van der Waals surface area contributed by atoms with Crippen LogP contribution in [0.15, 0.2) is 24.4 Å². The molecule has 1 unspecified atom stereocenters. The maximum absolute atomic E-state index is 6.24. The van der Waals surface area contributed by atoms with E-state index in [1.54, 1.807) is 7.11 Å². The average Bonchev–Trinajstić information content (AvgIpc) is 3.21. The van der Waals surface area contributed by atoms with E-state index >= 15 is 0 Å². The minimum absolute atomic E-state index is 0.420. The van der Waals surface area contributed by atoms with Gasteiger partial charge < -0.3 is 24.6 Å². The molecule has 158 valence electrons. The molecule has 3 aromatic rings. The van der Waals surface area contributed by atoms with Gasteiger partial charge in [-0.2, -0.15) is 0 Å². The monoisotopic (exact) mass is 408 g/mol. The minimum Gasteiger partial charge on any atom is -0.497 e. The molecule has 0 amide bonds. The Morgan fingerprint density at radius 2 is 2.00 bits per heavy atom. The van der Waals surface area contributed by atoms with E-state index < -0.39 is 0 Å². The largest absolute Gasteiger partial charge is 0.497 e. The number of rotatable bonds is 5.